The molecule has 1 heterocycles. The summed E-state index contributed by atoms with van der Waals surface area (Å²) in [6, 6.07) is 3.48. The SMILES string of the molecule is Cl.N#Cc1cc[nH]n1. The number of aromatic amines is 1. The summed E-state index contributed by atoms with van der Waals surface area (Å²) >= 11 is 0. The van der Waals surface area contributed by atoms with E-state index in [1.165, 1.54) is 0 Å². The topological polar surface area (TPSA) is 52.5 Å². The number of nitrogens with one attached hydrogen (secondary N) is 1. The van der Waals surface area contributed by atoms with Crippen molar-refractivity contribution >= 4 is 12.4 Å². The quantitative estimate of drug-likeness (QED) is 0.561. The Labute approximate surface area is 52.7 Å². The van der Waals surface area contributed by atoms with Crippen LogP contribution in [0.5, 0.6) is 0 Å². The Morgan fingerprint density at radius 3 is 2.75 bits per heavy atom. The Kier molecular flexibility index (Phi) is 2.67. The second kappa shape index (κ2) is 3.05. The van der Waals surface area contributed by atoms with Gasteiger partial charge in [-0.25, -0.2) is 0 Å². The van der Waals surface area contributed by atoms with Gasteiger partial charge in [0.2, 0.25) is 0 Å². The van der Waals surface area contributed by atoms with Crippen molar-refractivity contribution in [3.63, 3.8) is 0 Å². The second-order valence-electron chi connectivity index (χ2n) is 1.07. The standard InChI is InChI=1S/C4H3N3.ClH/c5-3-4-1-2-6-7-4;/h1-2H,(H,6,7);1H. The molecule has 0 saturated carbocycles. The van der Waals surface area contributed by atoms with Crippen molar-refractivity contribution in [1.29, 1.82) is 5.26 Å². The Morgan fingerprint density at radius 1 is 1.75 bits per heavy atom. The van der Waals surface area contributed by atoms with Gasteiger partial charge in [0.15, 0.2) is 5.69 Å². The van der Waals surface area contributed by atoms with E-state index in [-0.39, 0.29) is 12.4 Å². The molecule has 1 aromatic heterocycles. The summed E-state index contributed by atoms with van der Waals surface area (Å²) in [4.78, 5) is 0. The Balaban J connectivity index is 0.000000490. The molecule has 0 aliphatic rings. The highest BCUT2D eigenvalue weighted by atomic mass is 35.5. The van der Waals surface area contributed by atoms with Crippen LogP contribution in [0.1, 0.15) is 5.69 Å². The molecule has 0 aromatic carbocycles. The molecule has 4 heteroatoms. The van der Waals surface area contributed by atoms with Gasteiger partial charge < -0.3 is 0 Å². The first-order valence-corrected chi connectivity index (χ1v) is 1.83. The summed E-state index contributed by atoms with van der Waals surface area (Å²) in [6.45, 7) is 0. The van der Waals surface area contributed by atoms with Crippen molar-refractivity contribution in [2.75, 3.05) is 0 Å². The lowest BCUT2D eigenvalue weighted by molar-refractivity contribution is 1.07. The minimum absolute atomic E-state index is 0. The van der Waals surface area contributed by atoms with Gasteiger partial charge in [-0.2, -0.15) is 10.4 Å². The fourth-order valence-corrected chi connectivity index (χ4v) is 0.323. The summed E-state index contributed by atoms with van der Waals surface area (Å²) in [7, 11) is 0. The number of rotatable bonds is 0. The molecule has 0 saturated heterocycles. The lowest BCUT2D eigenvalue weighted by atomic mass is 10.5. The van der Waals surface area contributed by atoms with Gasteiger partial charge in [0.05, 0.1) is 0 Å². The number of nitrogens with zero attached hydrogens (tertiary/aromatic N) is 2. The molecular formula is C4H4ClN3. The van der Waals surface area contributed by atoms with Gasteiger partial charge in [0.25, 0.3) is 0 Å². The van der Waals surface area contributed by atoms with Gasteiger partial charge in [-0.3, -0.25) is 5.10 Å². The molecule has 0 fully saturated rings. The van der Waals surface area contributed by atoms with Gasteiger partial charge in [-0.15, -0.1) is 12.4 Å². The minimum Gasteiger partial charge on any atom is -0.284 e. The molecule has 3 nitrogen and oxygen atoms in total. The summed E-state index contributed by atoms with van der Waals surface area (Å²) < 4.78 is 0. The second-order valence-corrected chi connectivity index (χ2v) is 1.07. The van der Waals surface area contributed by atoms with E-state index in [1.807, 2.05) is 6.07 Å². The molecule has 0 atom stereocenters. The van der Waals surface area contributed by atoms with Crippen molar-refractivity contribution in [2.24, 2.45) is 0 Å². The average molecular weight is 130 g/mol. The average Bonchev–Trinajstić information content (AvgIpc) is 2.14. The van der Waals surface area contributed by atoms with Crippen molar-refractivity contribution < 1.29 is 0 Å². The maximum atomic E-state index is 8.09. The van der Waals surface area contributed by atoms with E-state index in [0.29, 0.717) is 5.69 Å². The van der Waals surface area contributed by atoms with Crippen LogP contribution in [-0.2, 0) is 0 Å². The summed E-state index contributed by atoms with van der Waals surface area (Å²) in [5.74, 6) is 0. The van der Waals surface area contributed by atoms with Crippen LogP contribution in [-0.4, -0.2) is 10.2 Å². The number of hydrogen-bond acceptors (Lipinski definition) is 2. The van der Waals surface area contributed by atoms with Gasteiger partial charge in [0, 0.05) is 6.20 Å². The lowest BCUT2D eigenvalue weighted by Crippen LogP contribution is -1.68. The van der Waals surface area contributed by atoms with E-state index < -0.39 is 0 Å². The van der Waals surface area contributed by atoms with E-state index >= 15 is 0 Å². The fourth-order valence-electron chi connectivity index (χ4n) is 0.323. The minimum atomic E-state index is 0. The summed E-state index contributed by atoms with van der Waals surface area (Å²) in [6.07, 6.45) is 1.61. The molecule has 1 N–H and O–H groups in total. The van der Waals surface area contributed by atoms with Crippen LogP contribution in [0.3, 0.4) is 0 Å². The van der Waals surface area contributed by atoms with Gasteiger partial charge >= 0.3 is 0 Å². The first-order chi connectivity index (χ1) is 3.43. The molecule has 8 heavy (non-hydrogen) atoms. The van der Waals surface area contributed by atoms with Crippen LogP contribution in [0.25, 0.3) is 0 Å². The van der Waals surface area contributed by atoms with Crippen molar-refractivity contribution in [1.82, 2.24) is 10.2 Å². The number of aromatic nitrogens is 2. The predicted octanol–water partition coefficient (Wildman–Crippen LogP) is 0.703. The number of nitriles is 1. The highest BCUT2D eigenvalue weighted by Gasteiger charge is 1.83. The highest BCUT2D eigenvalue weighted by molar-refractivity contribution is 5.85. The first kappa shape index (κ1) is 6.99. The highest BCUT2D eigenvalue weighted by Crippen LogP contribution is 1.83. The van der Waals surface area contributed by atoms with Crippen LogP contribution in [0.4, 0.5) is 0 Å². The third-order valence-electron chi connectivity index (χ3n) is 0.615. The van der Waals surface area contributed by atoms with Gasteiger partial charge in [0.1, 0.15) is 6.07 Å². The van der Waals surface area contributed by atoms with Crippen LogP contribution >= 0.6 is 12.4 Å². The summed E-state index contributed by atoms with van der Waals surface area (Å²) in [5.41, 5.74) is 0.431. The molecule has 1 aromatic rings. The van der Waals surface area contributed by atoms with Crippen LogP contribution in [0.15, 0.2) is 12.3 Å². The van der Waals surface area contributed by atoms with Gasteiger partial charge in [-0.1, -0.05) is 0 Å². The van der Waals surface area contributed by atoms with Crippen molar-refractivity contribution in [2.45, 2.75) is 0 Å². The fraction of sp³-hybridized carbons (Fsp3) is 0. The third-order valence-corrected chi connectivity index (χ3v) is 0.615. The predicted molar refractivity (Wildman–Crippen MR) is 30.6 cm³/mol. The monoisotopic (exact) mass is 129 g/mol. The Bertz CT molecular complexity index is 174. The molecular weight excluding hydrogens is 126 g/mol. The van der Waals surface area contributed by atoms with Crippen molar-refractivity contribution in [3.8, 4) is 6.07 Å². The number of hydrogen-bond donors (Lipinski definition) is 1. The molecule has 0 aliphatic heterocycles. The molecule has 0 spiro atoms. The maximum absolute atomic E-state index is 8.09. The zero-order chi connectivity index (χ0) is 5.11. The smallest absolute Gasteiger partial charge is 0.162 e. The Morgan fingerprint density at radius 2 is 2.50 bits per heavy atom. The third kappa shape index (κ3) is 1.24. The van der Waals surface area contributed by atoms with E-state index in [9.17, 15) is 0 Å². The molecule has 0 amide bonds. The summed E-state index contributed by atoms with van der Waals surface area (Å²) in [5, 5.41) is 14.2. The molecule has 1 rings (SSSR count). The van der Waals surface area contributed by atoms with Crippen LogP contribution < -0.4 is 0 Å². The Hall–Kier alpha value is -1.01. The number of halogens is 1. The number of H-pyrrole nitrogens is 1. The van der Waals surface area contributed by atoms with Crippen LogP contribution in [0.2, 0.25) is 0 Å². The van der Waals surface area contributed by atoms with Crippen molar-refractivity contribution in [3.05, 3.63) is 18.0 Å². The molecule has 42 valence electrons. The normalized spacial score (nSPS) is 6.88. The van der Waals surface area contributed by atoms with E-state index in [2.05, 4.69) is 10.2 Å². The maximum Gasteiger partial charge on any atom is 0.162 e. The van der Waals surface area contributed by atoms with E-state index in [4.69, 9.17) is 5.26 Å². The first-order valence-electron chi connectivity index (χ1n) is 1.83. The zero-order valence-corrected chi connectivity index (χ0v) is 4.77. The largest absolute Gasteiger partial charge is 0.284 e. The lowest BCUT2D eigenvalue weighted by Gasteiger charge is -1.62. The molecule has 0 bridgehead atoms. The van der Waals surface area contributed by atoms with E-state index in [1.54, 1.807) is 12.3 Å². The van der Waals surface area contributed by atoms with Gasteiger partial charge in [-0.05, 0) is 6.07 Å². The van der Waals surface area contributed by atoms with Crippen LogP contribution in [0, 0.1) is 11.3 Å². The molecule has 0 aliphatic carbocycles. The molecule has 0 unspecified atom stereocenters. The molecule has 0 radical (unpaired) electrons. The zero-order valence-electron chi connectivity index (χ0n) is 3.96. The van der Waals surface area contributed by atoms with E-state index in [0.717, 1.165) is 0 Å².